The summed E-state index contributed by atoms with van der Waals surface area (Å²) in [5, 5.41) is 3.62. The number of ether oxygens (including phenoxy) is 1. The Morgan fingerprint density at radius 2 is 1.85 bits per heavy atom. The van der Waals surface area contributed by atoms with Crippen molar-refractivity contribution in [3.8, 4) is 5.75 Å². The Morgan fingerprint density at radius 1 is 1.10 bits per heavy atom. The number of nitrogens with one attached hydrogen (secondary N) is 1. The number of hydrogen-bond acceptors (Lipinski definition) is 3. The first-order chi connectivity index (χ1) is 9.51. The number of rotatable bonds is 5. The van der Waals surface area contributed by atoms with Crippen LogP contribution in [0.1, 0.15) is 36.4 Å². The van der Waals surface area contributed by atoms with E-state index in [4.69, 9.17) is 4.74 Å². The molecule has 1 aromatic heterocycles. The highest BCUT2D eigenvalue weighted by Gasteiger charge is 2.14. The molecule has 2 aromatic rings. The summed E-state index contributed by atoms with van der Waals surface area (Å²) in [6.07, 6.45) is 0. The molecule has 0 amide bonds. The maximum absolute atomic E-state index is 5.26. The van der Waals surface area contributed by atoms with Crippen molar-refractivity contribution in [2.45, 2.75) is 25.9 Å². The van der Waals surface area contributed by atoms with Gasteiger partial charge in [0.2, 0.25) is 0 Å². The van der Waals surface area contributed by atoms with Crippen LogP contribution in [-0.4, -0.2) is 7.11 Å². The first-order valence-corrected chi connectivity index (χ1v) is 8.76. The number of halogens is 2. The monoisotopic (exact) mass is 417 g/mol. The van der Waals surface area contributed by atoms with E-state index in [0.29, 0.717) is 6.04 Å². The minimum atomic E-state index is 0.271. The van der Waals surface area contributed by atoms with Crippen LogP contribution in [0, 0.1) is 0 Å². The van der Waals surface area contributed by atoms with E-state index in [9.17, 15) is 0 Å². The van der Waals surface area contributed by atoms with Gasteiger partial charge in [0.05, 0.1) is 15.4 Å². The van der Waals surface area contributed by atoms with Gasteiger partial charge in [-0.1, -0.05) is 6.07 Å². The van der Waals surface area contributed by atoms with Crippen molar-refractivity contribution in [1.29, 1.82) is 0 Å². The molecule has 0 aliphatic rings. The van der Waals surface area contributed by atoms with Gasteiger partial charge in [-0.15, -0.1) is 11.3 Å². The van der Waals surface area contributed by atoms with Gasteiger partial charge in [-0.05, 0) is 75.5 Å². The maximum Gasteiger partial charge on any atom is 0.133 e. The number of benzene rings is 1. The zero-order chi connectivity index (χ0) is 14.7. The molecule has 0 saturated heterocycles. The molecule has 0 fully saturated rings. The fourth-order valence-corrected chi connectivity index (χ4v) is 4.06. The predicted octanol–water partition coefficient (Wildman–Crippen LogP) is 5.69. The molecule has 2 nitrogen and oxygen atoms in total. The topological polar surface area (TPSA) is 21.3 Å². The third-order valence-corrected chi connectivity index (χ3v) is 5.62. The van der Waals surface area contributed by atoms with Crippen molar-refractivity contribution in [1.82, 2.24) is 5.32 Å². The number of thiophene rings is 1. The lowest BCUT2D eigenvalue weighted by Crippen LogP contribution is -2.21. The molecule has 2 rings (SSSR count). The van der Waals surface area contributed by atoms with Crippen molar-refractivity contribution in [3.05, 3.63) is 49.0 Å². The molecule has 1 aromatic carbocycles. The lowest BCUT2D eigenvalue weighted by molar-refractivity contribution is 0.411. The average Bonchev–Trinajstić information content (AvgIpc) is 2.85. The highest BCUT2D eigenvalue weighted by Crippen LogP contribution is 2.31. The summed E-state index contributed by atoms with van der Waals surface area (Å²) in [5.74, 6) is 0.858. The predicted molar refractivity (Wildman–Crippen MR) is 92.7 cm³/mol. The van der Waals surface area contributed by atoms with E-state index in [0.717, 1.165) is 10.2 Å². The van der Waals surface area contributed by atoms with Crippen LogP contribution in [0.15, 0.2) is 38.6 Å². The molecule has 1 N–H and O–H groups in total. The molecule has 1 heterocycles. The average molecular weight is 419 g/mol. The molecule has 0 bridgehead atoms. The van der Waals surface area contributed by atoms with Crippen LogP contribution >= 0.6 is 43.2 Å². The van der Waals surface area contributed by atoms with Crippen molar-refractivity contribution >= 4 is 43.2 Å². The van der Waals surface area contributed by atoms with Gasteiger partial charge in [-0.25, -0.2) is 0 Å². The van der Waals surface area contributed by atoms with Gasteiger partial charge in [0.25, 0.3) is 0 Å². The summed E-state index contributed by atoms with van der Waals surface area (Å²) >= 11 is 8.81. The van der Waals surface area contributed by atoms with Crippen molar-refractivity contribution in [2.75, 3.05) is 7.11 Å². The molecular weight excluding hydrogens is 402 g/mol. The van der Waals surface area contributed by atoms with Crippen LogP contribution in [-0.2, 0) is 0 Å². The highest BCUT2D eigenvalue weighted by atomic mass is 79.9. The van der Waals surface area contributed by atoms with Crippen LogP contribution in [0.4, 0.5) is 0 Å². The van der Waals surface area contributed by atoms with Crippen LogP contribution in [0.3, 0.4) is 0 Å². The molecule has 5 heteroatoms. The molecule has 108 valence electrons. The zero-order valence-corrected chi connectivity index (χ0v) is 15.6. The van der Waals surface area contributed by atoms with Crippen molar-refractivity contribution in [2.24, 2.45) is 0 Å². The van der Waals surface area contributed by atoms with Gasteiger partial charge in [0, 0.05) is 17.0 Å². The molecule has 0 spiro atoms. The third kappa shape index (κ3) is 3.85. The molecule has 20 heavy (non-hydrogen) atoms. The Labute approximate surface area is 140 Å². The van der Waals surface area contributed by atoms with Gasteiger partial charge in [0.15, 0.2) is 0 Å². The largest absolute Gasteiger partial charge is 0.496 e. The van der Waals surface area contributed by atoms with Gasteiger partial charge >= 0.3 is 0 Å². The zero-order valence-electron chi connectivity index (χ0n) is 11.6. The minimum absolute atomic E-state index is 0.271. The van der Waals surface area contributed by atoms with E-state index in [-0.39, 0.29) is 6.04 Å². The normalized spacial score (nSPS) is 14.1. The molecule has 0 radical (unpaired) electrons. The Balaban J connectivity index is 2.07. The third-order valence-electron chi connectivity index (χ3n) is 3.20. The second kappa shape index (κ2) is 7.07. The van der Waals surface area contributed by atoms with Crippen molar-refractivity contribution < 1.29 is 4.74 Å². The summed E-state index contributed by atoms with van der Waals surface area (Å²) in [5.41, 5.74) is 1.24. The van der Waals surface area contributed by atoms with E-state index < -0.39 is 0 Å². The summed E-state index contributed by atoms with van der Waals surface area (Å²) in [6, 6.07) is 11.0. The standard InChI is InChI=1S/C15H17Br2NOS/c1-9(11-4-5-13(19-3)12(16)8-11)18-10(2)14-6-7-15(17)20-14/h4-10,18H,1-3H3. The highest BCUT2D eigenvalue weighted by molar-refractivity contribution is 9.11. The smallest absolute Gasteiger partial charge is 0.133 e. The van der Waals surface area contributed by atoms with Crippen molar-refractivity contribution in [3.63, 3.8) is 0 Å². The molecule has 2 atom stereocenters. The van der Waals surface area contributed by atoms with Gasteiger partial charge < -0.3 is 10.1 Å². The van der Waals surface area contributed by atoms with Gasteiger partial charge in [0.1, 0.15) is 5.75 Å². The fourth-order valence-electron chi connectivity index (χ4n) is 2.07. The second-order valence-electron chi connectivity index (χ2n) is 4.65. The first-order valence-electron chi connectivity index (χ1n) is 6.36. The summed E-state index contributed by atoms with van der Waals surface area (Å²) in [4.78, 5) is 1.33. The number of methoxy groups -OCH3 is 1. The van der Waals surface area contributed by atoms with Gasteiger partial charge in [-0.3, -0.25) is 0 Å². The molecule has 0 aliphatic heterocycles. The van der Waals surface area contributed by atoms with Crippen LogP contribution in [0.25, 0.3) is 0 Å². The van der Waals surface area contributed by atoms with E-state index in [1.807, 2.05) is 6.07 Å². The van der Waals surface area contributed by atoms with E-state index in [1.165, 1.54) is 14.2 Å². The van der Waals surface area contributed by atoms with E-state index >= 15 is 0 Å². The summed E-state index contributed by atoms with van der Waals surface area (Å²) < 4.78 is 7.41. The molecule has 0 aliphatic carbocycles. The summed E-state index contributed by atoms with van der Waals surface area (Å²) in [6.45, 7) is 4.36. The number of hydrogen-bond donors (Lipinski definition) is 1. The molecular formula is C15H17Br2NOS. The Bertz CT molecular complexity index is 585. The summed E-state index contributed by atoms with van der Waals surface area (Å²) in [7, 11) is 1.68. The minimum Gasteiger partial charge on any atom is -0.496 e. The van der Waals surface area contributed by atoms with Crippen LogP contribution in [0.5, 0.6) is 5.75 Å². The fraction of sp³-hybridized carbons (Fsp3) is 0.333. The lowest BCUT2D eigenvalue weighted by atomic mass is 10.1. The Morgan fingerprint density at radius 3 is 2.40 bits per heavy atom. The van der Waals surface area contributed by atoms with Gasteiger partial charge in [-0.2, -0.15) is 0 Å². The lowest BCUT2D eigenvalue weighted by Gasteiger charge is -2.20. The van der Waals surface area contributed by atoms with Crippen LogP contribution < -0.4 is 10.1 Å². The van der Waals surface area contributed by atoms with E-state index in [2.05, 4.69) is 75.3 Å². The second-order valence-corrected chi connectivity index (χ2v) is 7.99. The quantitative estimate of drug-likeness (QED) is 0.672. The molecule has 0 saturated carbocycles. The first kappa shape index (κ1) is 16.0. The Hall–Kier alpha value is -0.360. The molecule has 2 unspecified atom stereocenters. The SMILES string of the molecule is COc1ccc(C(C)NC(C)c2ccc(Br)s2)cc1Br. The van der Waals surface area contributed by atoms with E-state index in [1.54, 1.807) is 18.4 Å². The van der Waals surface area contributed by atoms with Crippen LogP contribution in [0.2, 0.25) is 0 Å². The maximum atomic E-state index is 5.26. The Kier molecular flexibility index (Phi) is 5.66.